The number of carbonyl (C=O) groups is 1. The number of nitrogens with one attached hydrogen (secondary N) is 2. The first-order valence-corrected chi connectivity index (χ1v) is 7.44. The normalized spacial score (nSPS) is 11.2. The molecule has 0 radical (unpaired) electrons. The largest absolute Gasteiger partial charge is 0.416 e. The fraction of sp³-hybridized carbons (Fsp3) is 0.267. The fourth-order valence-corrected chi connectivity index (χ4v) is 1.96. The second kappa shape index (κ2) is 7.48. The average Bonchev–Trinajstić information content (AvgIpc) is 2.54. The highest BCUT2D eigenvalue weighted by atomic mass is 35.5. The summed E-state index contributed by atoms with van der Waals surface area (Å²) in [5.41, 5.74) is -1.04. The molecule has 1 aromatic heterocycles. The number of nitrogens with zero attached hydrogens (tertiary/aromatic N) is 2. The number of alkyl halides is 3. The molecule has 2 rings (SSSR count). The van der Waals surface area contributed by atoms with Gasteiger partial charge in [-0.3, -0.25) is 4.79 Å². The summed E-state index contributed by atoms with van der Waals surface area (Å²) in [6, 6.07) is 4.05. The predicted octanol–water partition coefficient (Wildman–Crippen LogP) is 4.22. The van der Waals surface area contributed by atoms with Crippen LogP contribution in [0.5, 0.6) is 0 Å². The van der Waals surface area contributed by atoms with Crippen LogP contribution in [0.3, 0.4) is 0 Å². The maximum atomic E-state index is 12.7. The first kappa shape index (κ1) is 18.0. The van der Waals surface area contributed by atoms with E-state index in [9.17, 15) is 18.0 Å². The third-order valence-electron chi connectivity index (χ3n) is 2.96. The van der Waals surface area contributed by atoms with Gasteiger partial charge in [-0.25, -0.2) is 9.97 Å². The Morgan fingerprint density at radius 1 is 1.29 bits per heavy atom. The van der Waals surface area contributed by atoms with Crippen LogP contribution in [0.25, 0.3) is 0 Å². The van der Waals surface area contributed by atoms with E-state index in [1.807, 2.05) is 6.92 Å². The van der Waals surface area contributed by atoms with E-state index >= 15 is 0 Å². The van der Waals surface area contributed by atoms with Gasteiger partial charge in [-0.2, -0.15) is 13.2 Å². The third kappa shape index (κ3) is 4.58. The molecule has 9 heteroatoms. The number of aromatic nitrogens is 2. The van der Waals surface area contributed by atoms with Gasteiger partial charge >= 0.3 is 6.18 Å². The van der Waals surface area contributed by atoms with E-state index in [1.165, 1.54) is 12.3 Å². The average molecular weight is 359 g/mol. The quantitative estimate of drug-likeness (QED) is 0.839. The number of amides is 1. The van der Waals surface area contributed by atoms with Gasteiger partial charge in [-0.15, -0.1) is 0 Å². The van der Waals surface area contributed by atoms with Crippen LogP contribution in [0.1, 0.15) is 29.4 Å². The third-order valence-corrected chi connectivity index (χ3v) is 3.29. The standard InChI is InChI=1S/C15H14ClF3N4O/c1-2-6-20-14-21-7-5-11(23-14)13(24)22-12-8-9(15(17,18)19)3-4-10(12)16/h3-5,7-8H,2,6H2,1H3,(H,22,24)(H,20,21,23). The summed E-state index contributed by atoms with van der Waals surface area (Å²) in [6.07, 6.45) is -2.30. The number of benzene rings is 1. The Bertz CT molecular complexity index is 737. The summed E-state index contributed by atoms with van der Waals surface area (Å²) in [5, 5.41) is 5.25. The zero-order valence-electron chi connectivity index (χ0n) is 12.6. The summed E-state index contributed by atoms with van der Waals surface area (Å²) in [5.74, 6) is -0.419. The number of hydrogen-bond donors (Lipinski definition) is 2. The molecule has 0 saturated heterocycles. The smallest absolute Gasteiger partial charge is 0.354 e. The first-order chi connectivity index (χ1) is 11.3. The molecule has 5 nitrogen and oxygen atoms in total. The molecule has 2 aromatic rings. The van der Waals surface area contributed by atoms with Gasteiger partial charge in [0.1, 0.15) is 5.69 Å². The highest BCUT2D eigenvalue weighted by molar-refractivity contribution is 6.33. The summed E-state index contributed by atoms with van der Waals surface area (Å²) in [6.45, 7) is 2.59. The zero-order chi connectivity index (χ0) is 17.7. The van der Waals surface area contributed by atoms with Gasteiger partial charge in [0, 0.05) is 12.7 Å². The van der Waals surface area contributed by atoms with Crippen LogP contribution < -0.4 is 10.6 Å². The van der Waals surface area contributed by atoms with Crippen molar-refractivity contribution in [1.29, 1.82) is 0 Å². The van der Waals surface area contributed by atoms with Gasteiger partial charge in [0.15, 0.2) is 0 Å². The van der Waals surface area contributed by atoms with Crippen LogP contribution in [0.15, 0.2) is 30.5 Å². The van der Waals surface area contributed by atoms with Crippen molar-refractivity contribution < 1.29 is 18.0 Å². The van der Waals surface area contributed by atoms with Crippen molar-refractivity contribution in [3.63, 3.8) is 0 Å². The molecule has 1 amide bonds. The molecule has 0 spiro atoms. The van der Waals surface area contributed by atoms with E-state index in [0.717, 1.165) is 24.6 Å². The van der Waals surface area contributed by atoms with Crippen LogP contribution in [0.2, 0.25) is 5.02 Å². The lowest BCUT2D eigenvalue weighted by Crippen LogP contribution is -2.16. The van der Waals surface area contributed by atoms with E-state index in [1.54, 1.807) is 0 Å². The highest BCUT2D eigenvalue weighted by Crippen LogP contribution is 2.33. The van der Waals surface area contributed by atoms with Crippen molar-refractivity contribution >= 4 is 29.1 Å². The molecule has 0 atom stereocenters. The zero-order valence-corrected chi connectivity index (χ0v) is 13.4. The van der Waals surface area contributed by atoms with Crippen molar-refractivity contribution in [1.82, 2.24) is 9.97 Å². The maximum absolute atomic E-state index is 12.7. The Morgan fingerprint density at radius 3 is 2.71 bits per heavy atom. The number of halogens is 4. The van der Waals surface area contributed by atoms with Crippen molar-refractivity contribution in [3.8, 4) is 0 Å². The van der Waals surface area contributed by atoms with Crippen molar-refractivity contribution in [2.45, 2.75) is 19.5 Å². The number of hydrogen-bond acceptors (Lipinski definition) is 4. The minimum Gasteiger partial charge on any atom is -0.354 e. The molecule has 0 aliphatic carbocycles. The predicted molar refractivity (Wildman–Crippen MR) is 85.2 cm³/mol. The molecule has 1 heterocycles. The van der Waals surface area contributed by atoms with Gasteiger partial charge < -0.3 is 10.6 Å². The molecule has 0 aliphatic rings. The minimum atomic E-state index is -4.53. The molecule has 2 N–H and O–H groups in total. The number of rotatable bonds is 5. The molecule has 24 heavy (non-hydrogen) atoms. The van der Waals surface area contributed by atoms with E-state index in [2.05, 4.69) is 20.6 Å². The van der Waals surface area contributed by atoms with Crippen molar-refractivity contribution in [2.24, 2.45) is 0 Å². The molecule has 0 fully saturated rings. The molecule has 0 unspecified atom stereocenters. The van der Waals surface area contributed by atoms with Gasteiger partial charge in [0.2, 0.25) is 5.95 Å². The summed E-state index contributed by atoms with van der Waals surface area (Å²) in [4.78, 5) is 20.1. The van der Waals surface area contributed by atoms with Crippen LogP contribution >= 0.6 is 11.6 Å². The van der Waals surface area contributed by atoms with Crippen LogP contribution in [0, 0.1) is 0 Å². The minimum absolute atomic E-state index is 0.00487. The Hall–Kier alpha value is -2.35. The van der Waals surface area contributed by atoms with Crippen molar-refractivity contribution in [3.05, 3.63) is 46.7 Å². The van der Waals surface area contributed by atoms with Gasteiger partial charge in [0.05, 0.1) is 16.3 Å². The first-order valence-electron chi connectivity index (χ1n) is 7.06. The Morgan fingerprint density at radius 2 is 2.04 bits per heavy atom. The summed E-state index contributed by atoms with van der Waals surface area (Å²) >= 11 is 5.85. The fourth-order valence-electron chi connectivity index (χ4n) is 1.79. The van der Waals surface area contributed by atoms with Crippen molar-refractivity contribution in [2.75, 3.05) is 17.2 Å². The molecule has 0 saturated carbocycles. The maximum Gasteiger partial charge on any atom is 0.416 e. The van der Waals surface area contributed by atoms with Crippen LogP contribution in [-0.2, 0) is 6.18 Å². The lowest BCUT2D eigenvalue weighted by Gasteiger charge is -2.11. The SMILES string of the molecule is CCCNc1nccc(C(=O)Nc2cc(C(F)(F)F)ccc2Cl)n1. The summed E-state index contributed by atoms with van der Waals surface area (Å²) in [7, 11) is 0. The van der Waals surface area contributed by atoms with Crippen LogP contribution in [0.4, 0.5) is 24.8 Å². The van der Waals surface area contributed by atoms with E-state index < -0.39 is 17.6 Å². The van der Waals surface area contributed by atoms with Gasteiger partial charge in [-0.05, 0) is 30.7 Å². The molecular formula is C15H14ClF3N4O. The summed E-state index contributed by atoms with van der Waals surface area (Å²) < 4.78 is 38.2. The van der Waals surface area contributed by atoms with Crippen LogP contribution in [-0.4, -0.2) is 22.4 Å². The Balaban J connectivity index is 2.20. The van der Waals surface area contributed by atoms with Gasteiger partial charge in [0.25, 0.3) is 5.91 Å². The lowest BCUT2D eigenvalue weighted by atomic mass is 10.2. The van der Waals surface area contributed by atoms with Gasteiger partial charge in [-0.1, -0.05) is 18.5 Å². The second-order valence-electron chi connectivity index (χ2n) is 4.84. The topological polar surface area (TPSA) is 66.9 Å². The monoisotopic (exact) mass is 358 g/mol. The Labute approximate surface area is 141 Å². The van der Waals surface area contributed by atoms with E-state index in [0.29, 0.717) is 6.54 Å². The number of carbonyl (C=O) groups excluding carboxylic acids is 1. The second-order valence-corrected chi connectivity index (χ2v) is 5.25. The lowest BCUT2D eigenvalue weighted by molar-refractivity contribution is -0.137. The highest BCUT2D eigenvalue weighted by Gasteiger charge is 2.31. The molecule has 128 valence electrons. The molecule has 0 aliphatic heterocycles. The number of anilines is 2. The van der Waals surface area contributed by atoms with E-state index in [4.69, 9.17) is 11.6 Å². The molecular weight excluding hydrogens is 345 g/mol. The molecule has 1 aromatic carbocycles. The molecule has 0 bridgehead atoms. The van der Waals surface area contributed by atoms with E-state index in [-0.39, 0.29) is 22.4 Å². The Kier molecular flexibility index (Phi) is 5.61.